The van der Waals surface area contributed by atoms with Crippen LogP contribution in [0, 0.1) is 0 Å². The smallest absolute Gasteiger partial charge is 0.417 e. The molecule has 2 rings (SSSR count). The van der Waals surface area contributed by atoms with Crippen LogP contribution in [0.15, 0.2) is 40.0 Å². The van der Waals surface area contributed by atoms with E-state index in [2.05, 4.69) is 31.4 Å². The number of halogens is 4. The van der Waals surface area contributed by atoms with Crippen molar-refractivity contribution in [3.8, 4) is 11.5 Å². The monoisotopic (exact) mass is 417 g/mol. The topological polar surface area (TPSA) is 55.7 Å². The van der Waals surface area contributed by atoms with Gasteiger partial charge in [0.25, 0.3) is 0 Å². The maximum Gasteiger partial charge on any atom is 0.417 e. The van der Waals surface area contributed by atoms with Gasteiger partial charge in [0.1, 0.15) is 5.82 Å². The quantitative estimate of drug-likeness (QED) is 0.545. The van der Waals surface area contributed by atoms with Crippen molar-refractivity contribution < 1.29 is 22.6 Å². The van der Waals surface area contributed by atoms with Crippen molar-refractivity contribution in [2.24, 2.45) is 5.10 Å². The van der Waals surface area contributed by atoms with Crippen LogP contribution in [-0.4, -0.2) is 24.9 Å². The van der Waals surface area contributed by atoms with Crippen LogP contribution in [0.3, 0.4) is 0 Å². The molecule has 0 aliphatic heterocycles. The number of ether oxygens (including phenoxy) is 2. The molecule has 0 radical (unpaired) electrons. The third kappa shape index (κ3) is 5.09. The molecular formula is C16H15BrF3N3O2. The summed E-state index contributed by atoms with van der Waals surface area (Å²) in [6.45, 7) is 2.35. The van der Waals surface area contributed by atoms with Gasteiger partial charge in [0.15, 0.2) is 11.5 Å². The third-order valence-corrected chi connectivity index (χ3v) is 3.61. The molecule has 0 bridgehead atoms. The first-order chi connectivity index (χ1) is 11.8. The molecule has 1 N–H and O–H groups in total. The van der Waals surface area contributed by atoms with E-state index in [1.807, 2.05) is 6.92 Å². The Hall–Kier alpha value is -2.29. The van der Waals surface area contributed by atoms with Crippen molar-refractivity contribution in [2.45, 2.75) is 13.1 Å². The van der Waals surface area contributed by atoms with Crippen molar-refractivity contribution >= 4 is 28.0 Å². The van der Waals surface area contributed by atoms with E-state index < -0.39 is 11.7 Å². The zero-order chi connectivity index (χ0) is 18.4. The number of benzene rings is 1. The van der Waals surface area contributed by atoms with Gasteiger partial charge in [0.2, 0.25) is 0 Å². The average molecular weight is 418 g/mol. The zero-order valence-corrected chi connectivity index (χ0v) is 15.0. The molecule has 1 aromatic carbocycles. The van der Waals surface area contributed by atoms with Crippen LogP contribution in [0.25, 0.3) is 0 Å². The Bertz CT molecular complexity index is 750. The van der Waals surface area contributed by atoms with Crippen molar-refractivity contribution in [2.75, 3.05) is 19.1 Å². The molecule has 1 heterocycles. The molecule has 0 saturated carbocycles. The number of hydrazone groups is 1. The third-order valence-electron chi connectivity index (χ3n) is 3.02. The van der Waals surface area contributed by atoms with Gasteiger partial charge in [-0.2, -0.15) is 18.3 Å². The summed E-state index contributed by atoms with van der Waals surface area (Å²) in [7, 11) is 1.52. The van der Waals surface area contributed by atoms with Crippen molar-refractivity contribution in [3.05, 3.63) is 46.1 Å². The Labute approximate surface area is 151 Å². The number of methoxy groups -OCH3 is 1. The highest BCUT2D eigenvalue weighted by molar-refractivity contribution is 9.10. The van der Waals surface area contributed by atoms with Gasteiger partial charge in [-0.25, -0.2) is 4.98 Å². The van der Waals surface area contributed by atoms with Gasteiger partial charge in [-0.1, -0.05) is 0 Å². The van der Waals surface area contributed by atoms with E-state index in [4.69, 9.17) is 9.47 Å². The van der Waals surface area contributed by atoms with Crippen molar-refractivity contribution in [1.82, 2.24) is 4.98 Å². The van der Waals surface area contributed by atoms with E-state index in [1.54, 1.807) is 12.1 Å². The first-order valence-corrected chi connectivity index (χ1v) is 7.97. The average Bonchev–Trinajstić information content (AvgIpc) is 2.56. The minimum Gasteiger partial charge on any atom is -0.493 e. The molecule has 5 nitrogen and oxygen atoms in total. The molecule has 0 amide bonds. The molecule has 1 aromatic heterocycles. The second-order valence-corrected chi connectivity index (χ2v) is 5.62. The van der Waals surface area contributed by atoms with E-state index in [9.17, 15) is 13.2 Å². The Morgan fingerprint density at radius 1 is 1.32 bits per heavy atom. The van der Waals surface area contributed by atoms with E-state index in [1.165, 1.54) is 19.4 Å². The van der Waals surface area contributed by atoms with Crippen LogP contribution < -0.4 is 14.9 Å². The number of hydrogen-bond donors (Lipinski definition) is 1. The zero-order valence-electron chi connectivity index (χ0n) is 13.4. The second-order valence-electron chi connectivity index (χ2n) is 4.77. The highest BCUT2D eigenvalue weighted by Crippen LogP contribution is 2.36. The lowest BCUT2D eigenvalue weighted by Gasteiger charge is -2.12. The molecule has 0 fully saturated rings. The number of aromatic nitrogens is 1. The Morgan fingerprint density at radius 2 is 2.08 bits per heavy atom. The van der Waals surface area contributed by atoms with Gasteiger partial charge in [-0.15, -0.1) is 0 Å². The summed E-state index contributed by atoms with van der Waals surface area (Å²) < 4.78 is 48.9. The summed E-state index contributed by atoms with van der Waals surface area (Å²) in [6, 6.07) is 5.64. The van der Waals surface area contributed by atoms with Crippen molar-refractivity contribution in [1.29, 1.82) is 0 Å². The largest absolute Gasteiger partial charge is 0.493 e. The van der Waals surface area contributed by atoms with E-state index in [0.717, 1.165) is 12.3 Å². The minimum absolute atomic E-state index is 0.196. The highest BCUT2D eigenvalue weighted by atomic mass is 79.9. The van der Waals surface area contributed by atoms with Crippen LogP contribution in [-0.2, 0) is 6.18 Å². The van der Waals surface area contributed by atoms with Gasteiger partial charge in [-0.3, -0.25) is 5.43 Å². The lowest BCUT2D eigenvalue weighted by Crippen LogP contribution is -2.05. The summed E-state index contributed by atoms with van der Waals surface area (Å²) in [6.07, 6.45) is -2.18. The Balaban J connectivity index is 2.10. The van der Waals surface area contributed by atoms with Gasteiger partial charge >= 0.3 is 6.18 Å². The molecule has 9 heteroatoms. The summed E-state index contributed by atoms with van der Waals surface area (Å²) in [5.74, 6) is 1.31. The standard InChI is InChI=1S/C16H15BrF3N3O2/c1-3-25-15-12(17)6-10(7-13(15)24-2)8-22-23-14-5-4-11(9-21-14)16(18,19)20/h4-9H,3H2,1-2H3,(H,21,23)/b22-8-. The Kier molecular flexibility index (Phi) is 6.24. The summed E-state index contributed by atoms with van der Waals surface area (Å²) in [5, 5.41) is 3.96. The number of rotatable bonds is 6. The van der Waals surface area contributed by atoms with Gasteiger partial charge < -0.3 is 9.47 Å². The number of pyridine rings is 1. The van der Waals surface area contributed by atoms with Crippen LogP contribution in [0.1, 0.15) is 18.1 Å². The molecule has 25 heavy (non-hydrogen) atoms. The van der Waals surface area contributed by atoms with Crippen LogP contribution in [0.2, 0.25) is 0 Å². The molecule has 0 spiro atoms. The van der Waals surface area contributed by atoms with Crippen LogP contribution in [0.5, 0.6) is 11.5 Å². The number of hydrogen-bond acceptors (Lipinski definition) is 5. The second kappa shape index (κ2) is 8.19. The van der Waals surface area contributed by atoms with Crippen LogP contribution >= 0.6 is 15.9 Å². The highest BCUT2D eigenvalue weighted by Gasteiger charge is 2.30. The molecule has 2 aromatic rings. The van der Waals surface area contributed by atoms with Crippen LogP contribution in [0.4, 0.5) is 19.0 Å². The normalized spacial score (nSPS) is 11.6. The molecule has 0 aliphatic carbocycles. The van der Waals surface area contributed by atoms with Gasteiger partial charge in [0, 0.05) is 6.20 Å². The predicted molar refractivity (Wildman–Crippen MR) is 92.3 cm³/mol. The van der Waals surface area contributed by atoms with E-state index in [0.29, 0.717) is 28.1 Å². The molecule has 0 aliphatic rings. The predicted octanol–water partition coefficient (Wildman–Crippen LogP) is 4.72. The van der Waals surface area contributed by atoms with Gasteiger partial charge in [-0.05, 0) is 52.7 Å². The lowest BCUT2D eigenvalue weighted by atomic mass is 10.2. The van der Waals surface area contributed by atoms with Crippen molar-refractivity contribution in [3.63, 3.8) is 0 Å². The maximum absolute atomic E-state index is 12.5. The minimum atomic E-state index is -4.42. The van der Waals surface area contributed by atoms with Gasteiger partial charge in [0.05, 0.1) is 30.0 Å². The first-order valence-electron chi connectivity index (χ1n) is 7.17. The molecule has 0 unspecified atom stereocenters. The fraction of sp³-hybridized carbons (Fsp3) is 0.250. The van der Waals surface area contributed by atoms with E-state index in [-0.39, 0.29) is 5.82 Å². The number of nitrogens with zero attached hydrogens (tertiary/aromatic N) is 2. The summed E-state index contributed by atoms with van der Waals surface area (Å²) in [5.41, 5.74) is 2.46. The molecule has 0 atom stereocenters. The number of anilines is 1. The number of nitrogens with one attached hydrogen (secondary N) is 1. The molecular weight excluding hydrogens is 403 g/mol. The fourth-order valence-corrected chi connectivity index (χ4v) is 2.47. The summed E-state index contributed by atoms with van der Waals surface area (Å²) >= 11 is 3.40. The fourth-order valence-electron chi connectivity index (χ4n) is 1.90. The SMILES string of the molecule is CCOc1c(Br)cc(/C=N\Nc2ccc(C(F)(F)F)cn2)cc1OC. The first kappa shape index (κ1) is 19.0. The lowest BCUT2D eigenvalue weighted by molar-refractivity contribution is -0.137. The summed E-state index contributed by atoms with van der Waals surface area (Å²) in [4.78, 5) is 3.67. The Morgan fingerprint density at radius 3 is 2.64 bits per heavy atom. The maximum atomic E-state index is 12.5. The number of alkyl halides is 3. The molecule has 134 valence electrons. The molecule has 0 saturated heterocycles. The van der Waals surface area contributed by atoms with E-state index >= 15 is 0 Å².